The Kier molecular flexibility index (Phi) is 4.32. The lowest BCUT2D eigenvalue weighted by Gasteiger charge is -2.23. The molecule has 0 aromatic carbocycles. The van der Waals surface area contributed by atoms with E-state index in [0.29, 0.717) is 6.04 Å². The Labute approximate surface area is 102 Å². The van der Waals surface area contributed by atoms with Gasteiger partial charge in [0.05, 0.1) is 10.7 Å². The van der Waals surface area contributed by atoms with Gasteiger partial charge < -0.3 is 10.6 Å². The number of nitrogens with zero attached hydrogens (tertiary/aromatic N) is 1. The van der Waals surface area contributed by atoms with Crippen molar-refractivity contribution in [3.63, 3.8) is 0 Å². The van der Waals surface area contributed by atoms with Crippen molar-refractivity contribution in [3.8, 4) is 0 Å². The van der Waals surface area contributed by atoms with Crippen LogP contribution < -0.4 is 10.6 Å². The van der Waals surface area contributed by atoms with Crippen molar-refractivity contribution < 1.29 is 0 Å². The smallest absolute Gasteiger partial charge is 0.0900 e. The lowest BCUT2D eigenvalue weighted by Crippen LogP contribution is -2.42. The van der Waals surface area contributed by atoms with Crippen molar-refractivity contribution in [2.75, 3.05) is 13.1 Å². The average molecular weight is 239 g/mol. The van der Waals surface area contributed by atoms with Gasteiger partial charge in [0.1, 0.15) is 0 Å². The average Bonchev–Trinajstić information content (AvgIpc) is 2.68. The molecule has 2 N–H and O–H groups in total. The fourth-order valence-electron chi connectivity index (χ4n) is 2.19. The normalized spacial score (nSPS) is 21.2. The summed E-state index contributed by atoms with van der Waals surface area (Å²) in [6, 6.07) is 0.640. The third-order valence-electron chi connectivity index (χ3n) is 3.07. The van der Waals surface area contributed by atoms with Crippen molar-refractivity contribution in [3.05, 3.63) is 15.6 Å². The van der Waals surface area contributed by atoms with Gasteiger partial charge in [0.25, 0.3) is 0 Å². The molecule has 90 valence electrons. The lowest BCUT2D eigenvalue weighted by atomic mass is 10.1. The van der Waals surface area contributed by atoms with Crippen LogP contribution in [0.1, 0.15) is 35.3 Å². The molecular weight excluding hydrogens is 218 g/mol. The second-order valence-electron chi connectivity index (χ2n) is 4.38. The largest absolute Gasteiger partial charge is 0.315 e. The minimum atomic E-state index is 0.640. The van der Waals surface area contributed by atoms with Crippen LogP contribution in [0.2, 0.25) is 0 Å². The summed E-state index contributed by atoms with van der Waals surface area (Å²) in [6.07, 6.45) is 3.64. The molecule has 1 aromatic rings. The zero-order chi connectivity index (χ0) is 11.4. The maximum absolute atomic E-state index is 4.56. The Morgan fingerprint density at radius 3 is 3.12 bits per heavy atom. The van der Waals surface area contributed by atoms with Crippen molar-refractivity contribution in [1.82, 2.24) is 15.6 Å². The van der Waals surface area contributed by atoms with Gasteiger partial charge in [0.15, 0.2) is 0 Å². The van der Waals surface area contributed by atoms with Crippen LogP contribution in [0, 0.1) is 6.92 Å². The van der Waals surface area contributed by atoms with Gasteiger partial charge in [-0.2, -0.15) is 0 Å². The molecule has 2 rings (SSSR count). The Hall–Kier alpha value is -0.450. The fourth-order valence-corrected chi connectivity index (χ4v) is 3.17. The molecule has 4 heteroatoms. The van der Waals surface area contributed by atoms with E-state index < -0.39 is 0 Å². The van der Waals surface area contributed by atoms with Crippen LogP contribution in [-0.4, -0.2) is 24.1 Å². The number of hydrogen-bond donors (Lipinski definition) is 2. The quantitative estimate of drug-likeness (QED) is 0.842. The first-order chi connectivity index (χ1) is 7.79. The second kappa shape index (κ2) is 5.75. The Morgan fingerprint density at radius 2 is 2.44 bits per heavy atom. The van der Waals surface area contributed by atoms with Crippen molar-refractivity contribution in [2.45, 2.75) is 45.7 Å². The van der Waals surface area contributed by atoms with Gasteiger partial charge in [-0.05, 0) is 32.7 Å². The molecular formula is C12H21N3S. The number of nitrogens with one attached hydrogen (secondary N) is 2. The molecule has 0 radical (unpaired) electrons. The van der Waals surface area contributed by atoms with Crippen LogP contribution in [0.5, 0.6) is 0 Å². The summed E-state index contributed by atoms with van der Waals surface area (Å²) in [5.74, 6) is 0. The number of rotatable bonds is 4. The van der Waals surface area contributed by atoms with Gasteiger partial charge in [-0.25, -0.2) is 4.98 Å². The van der Waals surface area contributed by atoms with Crippen LogP contribution in [-0.2, 0) is 13.0 Å². The van der Waals surface area contributed by atoms with E-state index >= 15 is 0 Å². The standard InChI is InChI=1S/C12H21N3S/c1-3-11-12(16-9(2)15-11)8-14-10-5-4-6-13-7-10/h10,13-14H,3-8H2,1-2H3. The maximum atomic E-state index is 4.56. The Morgan fingerprint density at radius 1 is 1.56 bits per heavy atom. The zero-order valence-electron chi connectivity index (χ0n) is 10.2. The van der Waals surface area contributed by atoms with Gasteiger partial charge >= 0.3 is 0 Å². The summed E-state index contributed by atoms with van der Waals surface area (Å²) in [5.41, 5.74) is 1.28. The summed E-state index contributed by atoms with van der Waals surface area (Å²) in [4.78, 5) is 5.98. The Balaban J connectivity index is 1.87. The molecule has 1 saturated heterocycles. The van der Waals surface area contributed by atoms with Crippen molar-refractivity contribution in [2.24, 2.45) is 0 Å². The molecule has 0 bridgehead atoms. The summed E-state index contributed by atoms with van der Waals surface area (Å²) < 4.78 is 0. The van der Waals surface area contributed by atoms with Gasteiger partial charge in [0, 0.05) is 24.0 Å². The molecule has 1 aromatic heterocycles. The van der Waals surface area contributed by atoms with Crippen LogP contribution in [0.15, 0.2) is 0 Å². The lowest BCUT2D eigenvalue weighted by molar-refractivity contribution is 0.389. The highest BCUT2D eigenvalue weighted by Gasteiger charge is 2.13. The molecule has 1 fully saturated rings. The SMILES string of the molecule is CCc1nc(C)sc1CNC1CCCNC1. The van der Waals surface area contributed by atoms with Crippen LogP contribution >= 0.6 is 11.3 Å². The molecule has 0 aliphatic carbocycles. The first-order valence-electron chi connectivity index (χ1n) is 6.19. The topological polar surface area (TPSA) is 37.0 Å². The van der Waals surface area contributed by atoms with E-state index in [1.807, 2.05) is 11.3 Å². The summed E-state index contributed by atoms with van der Waals surface area (Å²) >= 11 is 1.83. The third-order valence-corrected chi connectivity index (χ3v) is 4.08. The predicted molar refractivity (Wildman–Crippen MR) is 69.0 cm³/mol. The fraction of sp³-hybridized carbons (Fsp3) is 0.750. The second-order valence-corrected chi connectivity index (χ2v) is 5.67. The van der Waals surface area contributed by atoms with Crippen LogP contribution in [0.4, 0.5) is 0 Å². The highest BCUT2D eigenvalue weighted by atomic mass is 32.1. The zero-order valence-corrected chi connectivity index (χ0v) is 11.0. The Bertz CT molecular complexity index is 329. The number of hydrogen-bond acceptors (Lipinski definition) is 4. The molecule has 16 heavy (non-hydrogen) atoms. The predicted octanol–water partition coefficient (Wildman–Crippen LogP) is 1.86. The molecule has 1 aliphatic heterocycles. The van der Waals surface area contributed by atoms with E-state index in [9.17, 15) is 0 Å². The van der Waals surface area contributed by atoms with Gasteiger partial charge in [-0.15, -0.1) is 11.3 Å². The van der Waals surface area contributed by atoms with Crippen molar-refractivity contribution in [1.29, 1.82) is 0 Å². The molecule has 2 heterocycles. The first-order valence-corrected chi connectivity index (χ1v) is 7.00. The number of aryl methyl sites for hydroxylation is 2. The minimum Gasteiger partial charge on any atom is -0.315 e. The molecule has 0 spiro atoms. The van der Waals surface area contributed by atoms with Gasteiger partial charge in [0.2, 0.25) is 0 Å². The molecule has 1 unspecified atom stereocenters. The molecule has 1 aliphatic rings. The maximum Gasteiger partial charge on any atom is 0.0900 e. The summed E-state index contributed by atoms with van der Waals surface area (Å²) in [5, 5.41) is 8.25. The molecule has 3 nitrogen and oxygen atoms in total. The van der Waals surface area contributed by atoms with E-state index in [2.05, 4.69) is 29.5 Å². The number of piperidine rings is 1. The number of aromatic nitrogens is 1. The number of thiazole rings is 1. The van der Waals surface area contributed by atoms with E-state index in [-0.39, 0.29) is 0 Å². The summed E-state index contributed by atoms with van der Waals surface area (Å²) in [7, 11) is 0. The van der Waals surface area contributed by atoms with Gasteiger partial charge in [-0.1, -0.05) is 6.92 Å². The van der Waals surface area contributed by atoms with Crippen LogP contribution in [0.3, 0.4) is 0 Å². The molecule has 0 amide bonds. The van der Waals surface area contributed by atoms with E-state index in [1.54, 1.807) is 0 Å². The first kappa shape index (κ1) is 12.0. The third kappa shape index (κ3) is 3.03. The van der Waals surface area contributed by atoms with E-state index in [0.717, 1.165) is 19.5 Å². The summed E-state index contributed by atoms with van der Waals surface area (Å²) in [6.45, 7) is 7.55. The monoisotopic (exact) mass is 239 g/mol. The van der Waals surface area contributed by atoms with Crippen molar-refractivity contribution >= 4 is 11.3 Å². The molecule has 0 saturated carbocycles. The van der Waals surface area contributed by atoms with E-state index in [1.165, 1.54) is 35.0 Å². The van der Waals surface area contributed by atoms with Gasteiger partial charge in [-0.3, -0.25) is 0 Å². The van der Waals surface area contributed by atoms with Crippen LogP contribution in [0.25, 0.3) is 0 Å². The minimum absolute atomic E-state index is 0.640. The molecule has 1 atom stereocenters. The van der Waals surface area contributed by atoms with E-state index in [4.69, 9.17) is 0 Å². The highest BCUT2D eigenvalue weighted by Crippen LogP contribution is 2.18. The highest BCUT2D eigenvalue weighted by molar-refractivity contribution is 7.11.